The largest absolute Gasteiger partial charge is 0.357 e. The van der Waals surface area contributed by atoms with Gasteiger partial charge in [-0.05, 0) is 39.8 Å². The summed E-state index contributed by atoms with van der Waals surface area (Å²) in [5, 5.41) is 4.60. The minimum atomic E-state index is 0.662. The lowest BCUT2D eigenvalue weighted by atomic mass is 10.2. The van der Waals surface area contributed by atoms with Crippen LogP contribution in [-0.2, 0) is 6.42 Å². The van der Waals surface area contributed by atoms with Crippen LogP contribution in [0, 0.1) is 6.92 Å². The van der Waals surface area contributed by atoms with Crippen molar-refractivity contribution in [3.63, 3.8) is 0 Å². The number of guanidine groups is 1. The van der Waals surface area contributed by atoms with Gasteiger partial charge in [0.2, 0.25) is 0 Å². The fourth-order valence-corrected chi connectivity index (χ4v) is 3.94. The summed E-state index contributed by atoms with van der Waals surface area (Å²) in [4.78, 5) is 15.3. The molecule has 1 saturated heterocycles. The Hall–Kier alpha value is -1.14. The zero-order chi connectivity index (χ0) is 16.7. The lowest BCUT2D eigenvalue weighted by Crippen LogP contribution is -2.46. The number of thiazole rings is 1. The molecule has 1 unspecified atom stereocenters. The summed E-state index contributed by atoms with van der Waals surface area (Å²) in [7, 11) is 2.15. The Morgan fingerprint density at radius 2 is 2.35 bits per heavy atom. The summed E-state index contributed by atoms with van der Waals surface area (Å²) >= 11 is 1.77. The van der Waals surface area contributed by atoms with Crippen LogP contribution in [0.1, 0.15) is 36.6 Å². The first-order valence-electron chi connectivity index (χ1n) is 8.78. The Kier molecular flexibility index (Phi) is 7.30. The van der Waals surface area contributed by atoms with Crippen molar-refractivity contribution in [2.75, 3.05) is 39.8 Å². The predicted molar refractivity (Wildman–Crippen MR) is 99.4 cm³/mol. The van der Waals surface area contributed by atoms with Crippen molar-refractivity contribution in [1.29, 1.82) is 0 Å². The lowest BCUT2D eigenvalue weighted by molar-refractivity contribution is 0.232. The van der Waals surface area contributed by atoms with Crippen molar-refractivity contribution in [2.24, 2.45) is 4.99 Å². The first-order valence-corrected chi connectivity index (χ1v) is 9.60. The molecule has 2 rings (SSSR count). The third-order valence-corrected chi connectivity index (χ3v) is 5.32. The van der Waals surface area contributed by atoms with E-state index in [0.717, 1.165) is 38.6 Å². The molecular weight excluding hydrogens is 306 g/mol. The number of likely N-dealkylation sites (N-methyl/N-ethyl adjacent to an activating group) is 2. The zero-order valence-corrected chi connectivity index (χ0v) is 15.8. The van der Waals surface area contributed by atoms with E-state index in [1.54, 1.807) is 11.3 Å². The molecule has 1 N–H and O–H groups in total. The maximum atomic E-state index is 4.79. The second kappa shape index (κ2) is 9.23. The Morgan fingerprint density at radius 1 is 1.52 bits per heavy atom. The van der Waals surface area contributed by atoms with Crippen LogP contribution in [0.25, 0.3) is 0 Å². The molecule has 1 atom stereocenters. The highest BCUT2D eigenvalue weighted by atomic mass is 32.1. The van der Waals surface area contributed by atoms with E-state index in [4.69, 9.17) is 4.99 Å². The number of aromatic nitrogens is 1. The van der Waals surface area contributed by atoms with Gasteiger partial charge in [0.15, 0.2) is 5.96 Å². The van der Waals surface area contributed by atoms with E-state index < -0.39 is 0 Å². The van der Waals surface area contributed by atoms with Gasteiger partial charge in [0.1, 0.15) is 0 Å². The first kappa shape index (κ1) is 18.2. The third-order valence-electron chi connectivity index (χ3n) is 4.34. The fourth-order valence-electron chi connectivity index (χ4n) is 3.16. The molecule has 5 nitrogen and oxygen atoms in total. The molecule has 0 radical (unpaired) electrons. The molecule has 1 aromatic heterocycles. The summed E-state index contributed by atoms with van der Waals surface area (Å²) in [6.07, 6.45) is 5.49. The fraction of sp³-hybridized carbons (Fsp3) is 0.765. The van der Waals surface area contributed by atoms with E-state index in [9.17, 15) is 0 Å². The highest BCUT2D eigenvalue weighted by molar-refractivity contribution is 7.11. The highest BCUT2D eigenvalue weighted by Gasteiger charge is 2.24. The highest BCUT2D eigenvalue weighted by Crippen LogP contribution is 2.17. The normalized spacial score (nSPS) is 19.3. The molecule has 6 heteroatoms. The van der Waals surface area contributed by atoms with E-state index >= 15 is 0 Å². The summed E-state index contributed by atoms with van der Waals surface area (Å²) in [5.74, 6) is 1.02. The molecule has 0 amide bonds. The van der Waals surface area contributed by atoms with Gasteiger partial charge in [0.05, 0.1) is 5.01 Å². The SMILES string of the molecule is CCNC(=NCCc1ncc(C)s1)N(C)CC1CCCN1CC. The summed E-state index contributed by atoms with van der Waals surface area (Å²) in [6, 6.07) is 0.662. The Bertz CT molecular complexity index is 499. The molecule has 23 heavy (non-hydrogen) atoms. The van der Waals surface area contributed by atoms with Crippen LogP contribution >= 0.6 is 11.3 Å². The van der Waals surface area contributed by atoms with E-state index in [1.165, 1.54) is 29.3 Å². The second-order valence-corrected chi connectivity index (χ2v) is 7.47. The van der Waals surface area contributed by atoms with Crippen molar-refractivity contribution in [1.82, 2.24) is 20.1 Å². The van der Waals surface area contributed by atoms with Crippen molar-refractivity contribution in [3.8, 4) is 0 Å². The molecule has 2 heterocycles. The van der Waals surface area contributed by atoms with E-state index in [-0.39, 0.29) is 0 Å². The van der Waals surface area contributed by atoms with Gasteiger partial charge < -0.3 is 10.2 Å². The summed E-state index contributed by atoms with van der Waals surface area (Å²) in [5.41, 5.74) is 0. The van der Waals surface area contributed by atoms with Crippen molar-refractivity contribution in [3.05, 3.63) is 16.1 Å². The van der Waals surface area contributed by atoms with Gasteiger partial charge in [-0.15, -0.1) is 11.3 Å². The number of aliphatic imine (C=N–C) groups is 1. The summed E-state index contributed by atoms with van der Waals surface area (Å²) < 4.78 is 0. The minimum absolute atomic E-state index is 0.662. The Morgan fingerprint density at radius 3 is 3.00 bits per heavy atom. The second-order valence-electron chi connectivity index (χ2n) is 6.16. The number of aryl methyl sites for hydroxylation is 1. The van der Waals surface area contributed by atoms with Crippen LogP contribution in [0.4, 0.5) is 0 Å². The molecule has 0 aliphatic carbocycles. The number of likely N-dealkylation sites (tertiary alicyclic amines) is 1. The molecule has 0 spiro atoms. The maximum Gasteiger partial charge on any atom is 0.193 e. The van der Waals surface area contributed by atoms with Gasteiger partial charge in [-0.1, -0.05) is 6.92 Å². The minimum Gasteiger partial charge on any atom is -0.357 e. The van der Waals surface area contributed by atoms with Crippen LogP contribution in [0.3, 0.4) is 0 Å². The van der Waals surface area contributed by atoms with Gasteiger partial charge in [-0.25, -0.2) is 4.98 Å². The Balaban J connectivity index is 1.89. The number of hydrogen-bond donors (Lipinski definition) is 1. The van der Waals surface area contributed by atoms with Crippen LogP contribution in [0.5, 0.6) is 0 Å². The van der Waals surface area contributed by atoms with Crippen molar-refractivity contribution in [2.45, 2.75) is 46.1 Å². The molecule has 1 aliphatic rings. The summed E-state index contributed by atoms with van der Waals surface area (Å²) in [6.45, 7) is 11.6. The van der Waals surface area contributed by atoms with Gasteiger partial charge in [-0.2, -0.15) is 0 Å². The molecule has 1 aliphatic heterocycles. The topological polar surface area (TPSA) is 43.8 Å². The zero-order valence-electron chi connectivity index (χ0n) is 15.0. The van der Waals surface area contributed by atoms with Crippen LogP contribution in [0.2, 0.25) is 0 Å². The lowest BCUT2D eigenvalue weighted by Gasteiger charge is -2.29. The van der Waals surface area contributed by atoms with Gasteiger partial charge in [0.25, 0.3) is 0 Å². The van der Waals surface area contributed by atoms with Crippen LogP contribution in [0.15, 0.2) is 11.2 Å². The smallest absolute Gasteiger partial charge is 0.193 e. The maximum absolute atomic E-state index is 4.79. The average Bonchev–Trinajstić information content (AvgIpc) is 3.15. The Labute approximate surface area is 144 Å². The number of rotatable bonds is 7. The first-order chi connectivity index (χ1) is 11.1. The molecular formula is C17H31N5S. The predicted octanol–water partition coefficient (Wildman–Crippen LogP) is 2.38. The van der Waals surface area contributed by atoms with Crippen LogP contribution in [-0.4, -0.2) is 66.6 Å². The molecule has 1 aromatic rings. The monoisotopic (exact) mass is 337 g/mol. The molecule has 130 valence electrons. The average molecular weight is 338 g/mol. The van der Waals surface area contributed by atoms with Crippen LogP contribution < -0.4 is 5.32 Å². The van der Waals surface area contributed by atoms with Gasteiger partial charge >= 0.3 is 0 Å². The van der Waals surface area contributed by atoms with Gasteiger partial charge in [0, 0.05) is 50.2 Å². The van der Waals surface area contributed by atoms with Crippen molar-refractivity contribution >= 4 is 17.3 Å². The van der Waals surface area contributed by atoms with Crippen molar-refractivity contribution < 1.29 is 0 Å². The van der Waals surface area contributed by atoms with E-state index in [0.29, 0.717) is 6.04 Å². The number of hydrogen-bond acceptors (Lipinski definition) is 4. The van der Waals surface area contributed by atoms with E-state index in [2.05, 4.69) is 47.9 Å². The van der Waals surface area contributed by atoms with E-state index in [1.807, 2.05) is 6.20 Å². The standard InChI is InChI=1S/C17H31N5S/c1-5-18-17(19-10-9-16-20-12-14(3)23-16)21(4)13-15-8-7-11-22(15)6-2/h12,15H,5-11,13H2,1-4H3,(H,18,19). The number of nitrogens with one attached hydrogen (secondary N) is 1. The molecule has 0 bridgehead atoms. The number of nitrogens with zero attached hydrogens (tertiary/aromatic N) is 4. The third kappa shape index (κ3) is 5.46. The molecule has 0 aromatic carbocycles. The quantitative estimate of drug-likeness (QED) is 0.613. The molecule has 1 fully saturated rings. The molecule has 0 saturated carbocycles. The van der Waals surface area contributed by atoms with Gasteiger partial charge in [-0.3, -0.25) is 9.89 Å².